The molecule has 0 aliphatic carbocycles. The molecule has 0 saturated heterocycles. The number of nitrogens with zero attached hydrogens (tertiary/aromatic N) is 3. The summed E-state index contributed by atoms with van der Waals surface area (Å²) in [6.45, 7) is 8.09. The van der Waals surface area contributed by atoms with Gasteiger partial charge in [-0.15, -0.1) is 0 Å². The van der Waals surface area contributed by atoms with Gasteiger partial charge in [-0.25, -0.2) is 0 Å². The van der Waals surface area contributed by atoms with E-state index in [0.29, 0.717) is 11.5 Å². The number of aryl methyl sites for hydroxylation is 2. The van der Waals surface area contributed by atoms with E-state index in [4.69, 9.17) is 0 Å². The van der Waals surface area contributed by atoms with Crippen molar-refractivity contribution in [2.45, 2.75) is 33.1 Å². The first-order valence-corrected chi connectivity index (χ1v) is 6.15. The van der Waals surface area contributed by atoms with E-state index in [0.717, 1.165) is 11.4 Å². The summed E-state index contributed by atoms with van der Waals surface area (Å²) in [6, 6.07) is 3.59. The van der Waals surface area contributed by atoms with Gasteiger partial charge >= 0.3 is 0 Å². The molecule has 6 nitrogen and oxygen atoms in total. The Kier molecular flexibility index (Phi) is 3.18. The molecule has 0 radical (unpaired) electrons. The fraction of sp³-hybridized carbons (Fsp3) is 0.462. The second-order valence-corrected chi connectivity index (χ2v) is 5.67. The lowest BCUT2D eigenvalue weighted by atomic mass is 9.92. The molecule has 2 aromatic rings. The van der Waals surface area contributed by atoms with Gasteiger partial charge < -0.3 is 5.32 Å². The molecule has 19 heavy (non-hydrogen) atoms. The fourth-order valence-corrected chi connectivity index (χ4v) is 1.77. The maximum Gasteiger partial charge on any atom is 0.275 e. The molecule has 0 aliphatic heterocycles. The molecule has 0 spiro atoms. The smallest absolute Gasteiger partial charge is 0.275 e. The average Bonchev–Trinajstić information content (AvgIpc) is 2.84. The maximum atomic E-state index is 12.1. The molecule has 2 rings (SSSR count). The van der Waals surface area contributed by atoms with Crippen molar-refractivity contribution in [2.75, 3.05) is 5.32 Å². The second-order valence-electron chi connectivity index (χ2n) is 5.67. The largest absolute Gasteiger partial charge is 0.304 e. The number of anilines is 1. The van der Waals surface area contributed by atoms with E-state index in [1.807, 2.05) is 13.0 Å². The van der Waals surface area contributed by atoms with Crippen LogP contribution in [0.3, 0.4) is 0 Å². The molecule has 0 atom stereocenters. The molecule has 0 fully saturated rings. The number of rotatable bonds is 2. The monoisotopic (exact) mass is 261 g/mol. The number of hydrogen-bond donors (Lipinski definition) is 2. The van der Waals surface area contributed by atoms with Crippen LogP contribution >= 0.6 is 0 Å². The first-order valence-electron chi connectivity index (χ1n) is 6.15. The van der Waals surface area contributed by atoms with Gasteiger partial charge in [-0.2, -0.15) is 10.2 Å². The van der Waals surface area contributed by atoms with Crippen LogP contribution in [0, 0.1) is 6.92 Å². The minimum absolute atomic E-state index is 0.0287. The van der Waals surface area contributed by atoms with E-state index in [9.17, 15) is 4.79 Å². The zero-order chi connectivity index (χ0) is 14.2. The number of H-pyrrole nitrogens is 1. The Labute approximate surface area is 112 Å². The summed E-state index contributed by atoms with van der Waals surface area (Å²) in [5.74, 6) is 0.309. The van der Waals surface area contributed by atoms with Crippen LogP contribution in [0.25, 0.3) is 0 Å². The quantitative estimate of drug-likeness (QED) is 0.868. The lowest BCUT2D eigenvalue weighted by Crippen LogP contribution is -2.16. The third kappa shape index (κ3) is 2.83. The Morgan fingerprint density at radius 2 is 2.05 bits per heavy atom. The van der Waals surface area contributed by atoms with Gasteiger partial charge in [-0.3, -0.25) is 14.6 Å². The standard InChI is InChI=1S/C13H19N5O/c1-8-6-9(18(5)17-8)12(19)14-11-7-10(15-16-11)13(2,3)4/h6-7H,1-5H3,(H2,14,15,16,19). The Balaban J connectivity index is 2.16. The summed E-state index contributed by atoms with van der Waals surface area (Å²) >= 11 is 0. The van der Waals surface area contributed by atoms with Crippen LogP contribution in [0.2, 0.25) is 0 Å². The third-order valence-corrected chi connectivity index (χ3v) is 2.86. The van der Waals surface area contributed by atoms with Crippen LogP contribution in [-0.2, 0) is 12.5 Å². The number of nitrogens with one attached hydrogen (secondary N) is 2. The second kappa shape index (κ2) is 4.53. The minimum Gasteiger partial charge on any atom is -0.304 e. The van der Waals surface area contributed by atoms with Gasteiger partial charge in [0.1, 0.15) is 5.69 Å². The predicted octanol–water partition coefficient (Wildman–Crippen LogP) is 2.00. The van der Waals surface area contributed by atoms with Gasteiger partial charge in [0.2, 0.25) is 0 Å². The molecular formula is C13H19N5O. The van der Waals surface area contributed by atoms with Gasteiger partial charge in [-0.1, -0.05) is 20.8 Å². The predicted molar refractivity (Wildman–Crippen MR) is 73.2 cm³/mol. The van der Waals surface area contributed by atoms with Gasteiger partial charge in [0.15, 0.2) is 5.82 Å². The Morgan fingerprint density at radius 3 is 2.53 bits per heavy atom. The summed E-state index contributed by atoms with van der Waals surface area (Å²) in [5, 5.41) is 13.9. The van der Waals surface area contributed by atoms with E-state index >= 15 is 0 Å². The highest BCUT2D eigenvalue weighted by molar-refractivity contribution is 6.02. The topological polar surface area (TPSA) is 75.6 Å². The first-order chi connectivity index (χ1) is 8.77. The number of hydrogen-bond acceptors (Lipinski definition) is 3. The van der Waals surface area contributed by atoms with Crippen molar-refractivity contribution in [2.24, 2.45) is 7.05 Å². The zero-order valence-corrected chi connectivity index (χ0v) is 11.9. The Hall–Kier alpha value is -2.11. The van der Waals surface area contributed by atoms with E-state index in [1.54, 1.807) is 17.8 Å². The number of aromatic nitrogens is 4. The van der Waals surface area contributed by atoms with Gasteiger partial charge in [0.05, 0.1) is 5.69 Å². The molecule has 1 amide bonds. The zero-order valence-electron chi connectivity index (χ0n) is 11.9. The molecule has 6 heteroatoms. The van der Waals surface area contributed by atoms with Crippen molar-refractivity contribution in [3.63, 3.8) is 0 Å². The van der Waals surface area contributed by atoms with Crippen molar-refractivity contribution in [1.82, 2.24) is 20.0 Å². The highest BCUT2D eigenvalue weighted by Crippen LogP contribution is 2.22. The molecule has 2 N–H and O–H groups in total. The highest BCUT2D eigenvalue weighted by Gasteiger charge is 2.18. The minimum atomic E-state index is -0.213. The summed E-state index contributed by atoms with van der Waals surface area (Å²) in [5.41, 5.74) is 2.27. The van der Waals surface area contributed by atoms with E-state index in [1.165, 1.54) is 0 Å². The van der Waals surface area contributed by atoms with Gasteiger partial charge in [-0.05, 0) is 13.0 Å². The molecule has 2 aromatic heterocycles. The third-order valence-electron chi connectivity index (χ3n) is 2.86. The molecule has 0 aromatic carbocycles. The highest BCUT2D eigenvalue weighted by atomic mass is 16.2. The maximum absolute atomic E-state index is 12.1. The van der Waals surface area contributed by atoms with Crippen LogP contribution in [0.1, 0.15) is 42.6 Å². The molecule has 0 aliphatic rings. The van der Waals surface area contributed by atoms with Crippen LogP contribution in [0.5, 0.6) is 0 Å². The number of amides is 1. The SMILES string of the molecule is Cc1cc(C(=O)Nc2cc(C(C)(C)C)[nH]n2)n(C)n1. The van der Waals surface area contributed by atoms with Crippen molar-refractivity contribution in [3.8, 4) is 0 Å². The molecular weight excluding hydrogens is 242 g/mol. The number of carbonyl (C=O) groups is 1. The molecule has 0 bridgehead atoms. The first kappa shape index (κ1) is 13.3. The van der Waals surface area contributed by atoms with Crippen molar-refractivity contribution in [1.29, 1.82) is 0 Å². The summed E-state index contributed by atoms with van der Waals surface area (Å²) in [4.78, 5) is 12.1. The molecule has 2 heterocycles. The Bertz CT molecular complexity index is 603. The summed E-state index contributed by atoms with van der Waals surface area (Å²) in [7, 11) is 1.74. The molecule has 102 valence electrons. The van der Waals surface area contributed by atoms with Crippen molar-refractivity contribution < 1.29 is 4.79 Å². The van der Waals surface area contributed by atoms with E-state index in [2.05, 4.69) is 41.4 Å². The number of carbonyl (C=O) groups excluding carboxylic acids is 1. The van der Waals surface area contributed by atoms with Crippen LogP contribution in [-0.4, -0.2) is 25.9 Å². The van der Waals surface area contributed by atoms with Crippen molar-refractivity contribution in [3.05, 3.63) is 29.2 Å². The average molecular weight is 261 g/mol. The van der Waals surface area contributed by atoms with Crippen LogP contribution < -0.4 is 5.32 Å². The summed E-state index contributed by atoms with van der Waals surface area (Å²) < 4.78 is 1.56. The molecule has 0 saturated carbocycles. The Morgan fingerprint density at radius 1 is 1.37 bits per heavy atom. The molecule has 0 unspecified atom stereocenters. The number of aromatic amines is 1. The van der Waals surface area contributed by atoms with Crippen LogP contribution in [0.4, 0.5) is 5.82 Å². The fourth-order valence-electron chi connectivity index (χ4n) is 1.77. The lowest BCUT2D eigenvalue weighted by molar-refractivity contribution is 0.101. The summed E-state index contributed by atoms with van der Waals surface area (Å²) in [6.07, 6.45) is 0. The van der Waals surface area contributed by atoms with Gasteiger partial charge in [0, 0.05) is 24.2 Å². The van der Waals surface area contributed by atoms with Gasteiger partial charge in [0.25, 0.3) is 5.91 Å². The van der Waals surface area contributed by atoms with E-state index in [-0.39, 0.29) is 11.3 Å². The lowest BCUT2D eigenvalue weighted by Gasteiger charge is -2.14. The van der Waals surface area contributed by atoms with E-state index < -0.39 is 0 Å². The van der Waals surface area contributed by atoms with Crippen molar-refractivity contribution >= 4 is 11.7 Å². The normalized spacial score (nSPS) is 11.6. The van der Waals surface area contributed by atoms with Crippen LogP contribution in [0.15, 0.2) is 12.1 Å².